The van der Waals surface area contributed by atoms with E-state index in [0.717, 1.165) is 60.8 Å². The standard InChI is InChI=1S/C37H49F3O3/c1-3-5-7-9-10-11-12-14-26-42-34-25-24-32-27-30(20-23-33(32)28-34)17-16-29-18-21-31(22-19-29)36(41)43-35(37(38,39)40)15-13-8-6-4-2/h18-25,27-28,35H,3-17,26H2,1-2H3. The highest BCUT2D eigenvalue weighted by molar-refractivity contribution is 5.89. The molecule has 1 atom stereocenters. The number of alkyl halides is 3. The second kappa shape index (κ2) is 18.6. The number of hydrogen-bond donors (Lipinski definition) is 0. The Labute approximate surface area is 256 Å². The Morgan fingerprint density at radius 2 is 1.23 bits per heavy atom. The number of halogens is 3. The highest BCUT2D eigenvalue weighted by Gasteiger charge is 2.42. The maximum absolute atomic E-state index is 13.4. The van der Waals surface area contributed by atoms with E-state index in [1.54, 1.807) is 24.3 Å². The van der Waals surface area contributed by atoms with Gasteiger partial charge in [-0.2, -0.15) is 13.2 Å². The lowest BCUT2D eigenvalue weighted by Crippen LogP contribution is -2.33. The number of ether oxygens (including phenoxy) is 2. The van der Waals surface area contributed by atoms with Crippen LogP contribution in [0.25, 0.3) is 10.8 Å². The number of rotatable bonds is 20. The van der Waals surface area contributed by atoms with Crippen molar-refractivity contribution in [1.82, 2.24) is 0 Å². The number of carbonyl (C=O) groups excluding carboxylic acids is 1. The number of esters is 1. The molecule has 0 radical (unpaired) electrons. The van der Waals surface area contributed by atoms with Gasteiger partial charge >= 0.3 is 12.1 Å². The van der Waals surface area contributed by atoms with Crippen LogP contribution >= 0.6 is 0 Å². The van der Waals surface area contributed by atoms with Crippen LogP contribution in [0.2, 0.25) is 0 Å². The molecule has 3 nitrogen and oxygen atoms in total. The number of carbonyl (C=O) groups is 1. The first-order valence-electron chi connectivity index (χ1n) is 16.3. The summed E-state index contributed by atoms with van der Waals surface area (Å²) in [5, 5.41) is 2.30. The molecule has 0 saturated carbocycles. The Morgan fingerprint density at radius 3 is 1.91 bits per heavy atom. The fourth-order valence-electron chi connectivity index (χ4n) is 5.28. The van der Waals surface area contributed by atoms with Crippen molar-refractivity contribution >= 4 is 16.7 Å². The molecule has 0 aliphatic heterocycles. The van der Waals surface area contributed by atoms with Crippen molar-refractivity contribution in [3.63, 3.8) is 0 Å². The highest BCUT2D eigenvalue weighted by Crippen LogP contribution is 2.28. The smallest absolute Gasteiger partial charge is 0.425 e. The lowest BCUT2D eigenvalue weighted by Gasteiger charge is -2.20. The third-order valence-electron chi connectivity index (χ3n) is 7.97. The number of unbranched alkanes of at least 4 members (excludes halogenated alkanes) is 10. The summed E-state index contributed by atoms with van der Waals surface area (Å²) in [4.78, 5) is 12.4. The Morgan fingerprint density at radius 1 is 0.674 bits per heavy atom. The third kappa shape index (κ3) is 12.6. The van der Waals surface area contributed by atoms with Gasteiger partial charge in [-0.3, -0.25) is 0 Å². The average molecular weight is 599 g/mol. The molecule has 0 aliphatic carbocycles. The van der Waals surface area contributed by atoms with Crippen LogP contribution in [0.3, 0.4) is 0 Å². The molecule has 3 aromatic rings. The summed E-state index contributed by atoms with van der Waals surface area (Å²) in [5.74, 6) is -0.0279. The number of benzene rings is 3. The first-order valence-corrected chi connectivity index (χ1v) is 16.3. The maximum Gasteiger partial charge on any atom is 0.425 e. The molecule has 0 heterocycles. The predicted octanol–water partition coefficient (Wildman–Crippen LogP) is 11.2. The van der Waals surface area contributed by atoms with Crippen molar-refractivity contribution in [2.24, 2.45) is 0 Å². The van der Waals surface area contributed by atoms with Gasteiger partial charge in [0.1, 0.15) is 5.75 Å². The monoisotopic (exact) mass is 598 g/mol. The minimum atomic E-state index is -4.57. The lowest BCUT2D eigenvalue weighted by atomic mass is 10.0. The van der Waals surface area contributed by atoms with Crippen LogP contribution in [0.1, 0.15) is 119 Å². The summed E-state index contributed by atoms with van der Waals surface area (Å²) in [5.41, 5.74) is 2.34. The molecule has 0 spiro atoms. The van der Waals surface area contributed by atoms with Gasteiger partial charge in [0, 0.05) is 0 Å². The van der Waals surface area contributed by atoms with Gasteiger partial charge in [0.2, 0.25) is 0 Å². The Bertz CT molecular complexity index is 1220. The fraction of sp³-hybridized carbons (Fsp3) is 0.541. The van der Waals surface area contributed by atoms with Gasteiger partial charge in [0.15, 0.2) is 6.10 Å². The summed E-state index contributed by atoms with van der Waals surface area (Å²) < 4.78 is 51.0. The minimum Gasteiger partial charge on any atom is -0.494 e. The van der Waals surface area contributed by atoms with Gasteiger partial charge in [-0.05, 0) is 78.3 Å². The zero-order valence-electron chi connectivity index (χ0n) is 26.0. The second-order valence-electron chi connectivity index (χ2n) is 11.6. The number of aryl methyl sites for hydroxylation is 2. The molecule has 236 valence electrons. The Balaban J connectivity index is 1.44. The molecule has 3 aromatic carbocycles. The van der Waals surface area contributed by atoms with Crippen LogP contribution < -0.4 is 4.74 Å². The van der Waals surface area contributed by atoms with Crippen molar-refractivity contribution in [3.8, 4) is 5.75 Å². The largest absolute Gasteiger partial charge is 0.494 e. The summed E-state index contributed by atoms with van der Waals surface area (Å²) in [6.45, 7) is 4.99. The molecule has 0 aromatic heterocycles. The van der Waals surface area contributed by atoms with Gasteiger partial charge < -0.3 is 9.47 Å². The van der Waals surface area contributed by atoms with E-state index in [1.165, 1.54) is 50.5 Å². The zero-order valence-corrected chi connectivity index (χ0v) is 26.0. The van der Waals surface area contributed by atoms with Gasteiger partial charge in [0.25, 0.3) is 0 Å². The van der Waals surface area contributed by atoms with E-state index >= 15 is 0 Å². The zero-order chi connectivity index (χ0) is 30.9. The van der Waals surface area contributed by atoms with Gasteiger partial charge in [0.05, 0.1) is 12.2 Å². The minimum absolute atomic E-state index is 0.137. The molecule has 0 aliphatic rings. The highest BCUT2D eigenvalue weighted by atomic mass is 19.4. The van der Waals surface area contributed by atoms with E-state index in [-0.39, 0.29) is 12.0 Å². The first-order chi connectivity index (χ1) is 20.8. The molecule has 1 unspecified atom stereocenters. The van der Waals surface area contributed by atoms with E-state index in [0.29, 0.717) is 12.8 Å². The van der Waals surface area contributed by atoms with Crippen LogP contribution in [0.15, 0.2) is 60.7 Å². The van der Waals surface area contributed by atoms with Crippen molar-refractivity contribution in [1.29, 1.82) is 0 Å². The molecular weight excluding hydrogens is 549 g/mol. The summed E-state index contributed by atoms with van der Waals surface area (Å²) in [7, 11) is 0. The van der Waals surface area contributed by atoms with Gasteiger partial charge in [-0.1, -0.05) is 114 Å². The van der Waals surface area contributed by atoms with E-state index < -0.39 is 18.2 Å². The quantitative estimate of drug-likeness (QED) is 0.0959. The molecule has 3 rings (SSSR count). The molecule has 0 N–H and O–H groups in total. The first kappa shape index (κ1) is 34.5. The predicted molar refractivity (Wildman–Crippen MR) is 170 cm³/mol. The molecule has 0 amide bonds. The van der Waals surface area contributed by atoms with E-state index in [4.69, 9.17) is 9.47 Å². The summed E-state index contributed by atoms with van der Waals surface area (Å²) in [6, 6.07) is 19.3. The summed E-state index contributed by atoms with van der Waals surface area (Å²) >= 11 is 0. The molecule has 0 saturated heterocycles. The van der Waals surface area contributed by atoms with Crippen LogP contribution in [0, 0.1) is 0 Å². The van der Waals surface area contributed by atoms with Crippen LogP contribution in [-0.4, -0.2) is 24.9 Å². The number of hydrogen-bond acceptors (Lipinski definition) is 3. The van der Waals surface area contributed by atoms with Crippen molar-refractivity contribution in [2.45, 2.75) is 122 Å². The van der Waals surface area contributed by atoms with E-state index in [1.807, 2.05) is 13.0 Å². The lowest BCUT2D eigenvalue weighted by molar-refractivity contribution is -0.206. The molecule has 0 fully saturated rings. The van der Waals surface area contributed by atoms with E-state index in [9.17, 15) is 18.0 Å². The Hall–Kier alpha value is -3.02. The third-order valence-corrected chi connectivity index (χ3v) is 7.97. The van der Waals surface area contributed by atoms with Crippen molar-refractivity contribution < 1.29 is 27.4 Å². The van der Waals surface area contributed by atoms with Crippen LogP contribution in [-0.2, 0) is 17.6 Å². The van der Waals surface area contributed by atoms with Crippen LogP contribution in [0.4, 0.5) is 13.2 Å². The number of fused-ring (bicyclic) bond motifs is 1. The summed E-state index contributed by atoms with van der Waals surface area (Å²) in [6.07, 6.45) is 7.85. The SMILES string of the molecule is CCCCCCCCCCOc1ccc2cc(CCc3ccc(C(=O)OC(CCCCCC)C(F)(F)F)cc3)ccc2c1. The van der Waals surface area contributed by atoms with Gasteiger partial charge in [-0.15, -0.1) is 0 Å². The topological polar surface area (TPSA) is 35.5 Å². The average Bonchev–Trinajstić information content (AvgIpc) is 3.00. The molecule has 0 bridgehead atoms. The Kier molecular flexibility index (Phi) is 14.9. The molecule has 43 heavy (non-hydrogen) atoms. The fourth-order valence-corrected chi connectivity index (χ4v) is 5.28. The van der Waals surface area contributed by atoms with Crippen LogP contribution in [0.5, 0.6) is 5.75 Å². The maximum atomic E-state index is 13.4. The molecular formula is C37H49F3O3. The van der Waals surface area contributed by atoms with E-state index in [2.05, 4.69) is 37.3 Å². The second-order valence-corrected chi connectivity index (χ2v) is 11.6. The van der Waals surface area contributed by atoms with Crippen molar-refractivity contribution in [3.05, 3.63) is 77.4 Å². The normalized spacial score (nSPS) is 12.4. The van der Waals surface area contributed by atoms with Gasteiger partial charge in [-0.25, -0.2) is 4.79 Å². The van der Waals surface area contributed by atoms with Crippen molar-refractivity contribution in [2.75, 3.05) is 6.61 Å². The molecule has 6 heteroatoms.